The number of para-hydroxylation sites is 1. The predicted octanol–water partition coefficient (Wildman–Crippen LogP) is 2.01. The molecule has 1 aromatic carbocycles. The van der Waals surface area contributed by atoms with Crippen molar-refractivity contribution in [2.24, 2.45) is 0 Å². The molecule has 1 heterocycles. The molecule has 6 nitrogen and oxygen atoms in total. The Labute approximate surface area is 136 Å². The summed E-state index contributed by atoms with van der Waals surface area (Å²) in [5.41, 5.74) is 1.51. The highest BCUT2D eigenvalue weighted by Crippen LogP contribution is 2.38. The monoisotopic (exact) mass is 338 g/mol. The molecule has 23 heavy (non-hydrogen) atoms. The van der Waals surface area contributed by atoms with Crippen molar-refractivity contribution < 1.29 is 18.3 Å². The number of anilines is 1. The number of aliphatic carboxylic acids is 1. The van der Waals surface area contributed by atoms with Gasteiger partial charge < -0.3 is 5.11 Å². The highest BCUT2D eigenvalue weighted by Gasteiger charge is 2.42. The largest absolute Gasteiger partial charge is 0.481 e. The molecule has 2 aliphatic rings. The minimum atomic E-state index is -3.73. The van der Waals surface area contributed by atoms with Crippen LogP contribution in [-0.4, -0.2) is 42.9 Å². The fraction of sp³-hybridized carbons (Fsp3) is 0.562. The van der Waals surface area contributed by atoms with Crippen molar-refractivity contribution >= 4 is 21.9 Å². The zero-order chi connectivity index (χ0) is 16.6. The van der Waals surface area contributed by atoms with Crippen LogP contribution in [0.15, 0.2) is 24.3 Å². The van der Waals surface area contributed by atoms with Crippen molar-refractivity contribution in [1.82, 2.24) is 4.31 Å². The fourth-order valence-electron chi connectivity index (χ4n) is 3.70. The van der Waals surface area contributed by atoms with Crippen LogP contribution >= 0.6 is 0 Å². The average molecular weight is 338 g/mol. The van der Waals surface area contributed by atoms with Crippen LogP contribution in [0.25, 0.3) is 0 Å². The Kier molecular flexibility index (Phi) is 4.33. The standard InChI is InChI=1S/C16H22N2O4S/c1-17(13-7-3-4-8-13)23(21,22)18-14(11-16(19)20)10-12-6-2-5-9-15(12)18/h2,5-6,9,13-14H,3-4,7-8,10-11H2,1H3,(H,19,20)/t14-/m0/s1. The van der Waals surface area contributed by atoms with Gasteiger partial charge in [0.1, 0.15) is 0 Å². The van der Waals surface area contributed by atoms with Crippen molar-refractivity contribution in [3.63, 3.8) is 0 Å². The molecule has 1 aliphatic heterocycles. The Bertz CT molecular complexity index is 698. The van der Waals surface area contributed by atoms with Gasteiger partial charge in [0.2, 0.25) is 0 Å². The molecule has 0 radical (unpaired) electrons. The molecule has 0 saturated heterocycles. The second-order valence-corrected chi connectivity index (χ2v) is 8.21. The van der Waals surface area contributed by atoms with Gasteiger partial charge in [-0.15, -0.1) is 0 Å². The molecule has 0 amide bonds. The van der Waals surface area contributed by atoms with Gasteiger partial charge in [0.15, 0.2) is 0 Å². The van der Waals surface area contributed by atoms with Crippen molar-refractivity contribution in [3.05, 3.63) is 29.8 Å². The maximum atomic E-state index is 13.1. The molecule has 1 aromatic rings. The third-order valence-corrected chi connectivity index (χ3v) is 6.90. The summed E-state index contributed by atoms with van der Waals surface area (Å²) < 4.78 is 29.0. The zero-order valence-corrected chi connectivity index (χ0v) is 14.0. The number of carboxylic acid groups (broad SMARTS) is 1. The Morgan fingerprint density at radius 1 is 1.30 bits per heavy atom. The summed E-state index contributed by atoms with van der Waals surface area (Å²) >= 11 is 0. The van der Waals surface area contributed by atoms with Gasteiger partial charge in [-0.25, -0.2) is 0 Å². The van der Waals surface area contributed by atoms with Crippen molar-refractivity contribution in [2.45, 2.75) is 50.6 Å². The lowest BCUT2D eigenvalue weighted by Gasteiger charge is -2.33. The van der Waals surface area contributed by atoms with Crippen LogP contribution < -0.4 is 4.31 Å². The highest BCUT2D eigenvalue weighted by atomic mass is 32.2. The van der Waals surface area contributed by atoms with E-state index in [1.165, 1.54) is 8.61 Å². The molecule has 126 valence electrons. The molecule has 1 aliphatic carbocycles. The second-order valence-electron chi connectivity index (χ2n) is 6.34. The first kappa shape index (κ1) is 16.3. The number of fused-ring (bicyclic) bond motifs is 1. The molecule has 0 unspecified atom stereocenters. The molecule has 3 rings (SSSR count). The lowest BCUT2D eigenvalue weighted by atomic mass is 10.1. The van der Waals surface area contributed by atoms with Gasteiger partial charge in [-0.1, -0.05) is 31.0 Å². The van der Waals surface area contributed by atoms with E-state index < -0.39 is 22.2 Å². The van der Waals surface area contributed by atoms with Gasteiger partial charge in [-0.05, 0) is 30.9 Å². The second kappa shape index (κ2) is 6.13. The summed E-state index contributed by atoms with van der Waals surface area (Å²) in [6.07, 6.45) is 4.08. The Balaban J connectivity index is 1.97. The summed E-state index contributed by atoms with van der Waals surface area (Å²) in [6.45, 7) is 0. The van der Waals surface area contributed by atoms with Gasteiger partial charge in [0.05, 0.1) is 18.2 Å². The van der Waals surface area contributed by atoms with E-state index in [-0.39, 0.29) is 12.5 Å². The van der Waals surface area contributed by atoms with Crippen LogP contribution in [0, 0.1) is 0 Å². The lowest BCUT2D eigenvalue weighted by molar-refractivity contribution is -0.137. The Morgan fingerprint density at radius 3 is 2.61 bits per heavy atom. The van der Waals surface area contributed by atoms with Gasteiger partial charge >= 0.3 is 16.2 Å². The molecule has 0 bridgehead atoms. The number of rotatable bonds is 5. The van der Waals surface area contributed by atoms with Crippen LogP contribution in [0.4, 0.5) is 5.69 Å². The first-order valence-electron chi connectivity index (χ1n) is 7.98. The summed E-state index contributed by atoms with van der Waals surface area (Å²) in [6, 6.07) is 6.73. The number of nitrogens with zero attached hydrogens (tertiary/aromatic N) is 2. The number of carbonyl (C=O) groups is 1. The molecule has 0 spiro atoms. The molecular formula is C16H22N2O4S. The van der Waals surface area contributed by atoms with Gasteiger partial charge in [-0.3, -0.25) is 9.10 Å². The summed E-state index contributed by atoms with van der Waals surface area (Å²) in [5.74, 6) is -0.980. The zero-order valence-electron chi connectivity index (χ0n) is 13.2. The molecule has 1 N–H and O–H groups in total. The van der Waals surface area contributed by atoms with Crippen LogP contribution in [0.5, 0.6) is 0 Å². The SMILES string of the molecule is CN(C1CCCC1)S(=O)(=O)N1c2ccccc2C[C@H]1CC(=O)O. The van der Waals surface area contributed by atoms with E-state index in [1.54, 1.807) is 19.2 Å². The topological polar surface area (TPSA) is 77.9 Å². The maximum Gasteiger partial charge on any atom is 0.305 e. The van der Waals surface area contributed by atoms with Crippen molar-refractivity contribution in [3.8, 4) is 0 Å². The van der Waals surface area contributed by atoms with E-state index in [0.29, 0.717) is 12.1 Å². The Morgan fingerprint density at radius 2 is 1.96 bits per heavy atom. The minimum absolute atomic E-state index is 0.0123. The molecule has 1 saturated carbocycles. The first-order chi connectivity index (χ1) is 10.9. The van der Waals surface area contributed by atoms with E-state index in [4.69, 9.17) is 5.11 Å². The van der Waals surface area contributed by atoms with Crippen molar-refractivity contribution in [2.75, 3.05) is 11.4 Å². The molecule has 0 aromatic heterocycles. The van der Waals surface area contributed by atoms with Gasteiger partial charge in [-0.2, -0.15) is 12.7 Å². The van der Waals surface area contributed by atoms with Crippen LogP contribution in [0.1, 0.15) is 37.7 Å². The smallest absolute Gasteiger partial charge is 0.305 e. The normalized spacial score (nSPS) is 21.8. The molecule has 1 atom stereocenters. The third kappa shape index (κ3) is 2.95. The predicted molar refractivity (Wildman–Crippen MR) is 87.6 cm³/mol. The Hall–Kier alpha value is -1.60. The van der Waals surface area contributed by atoms with Crippen molar-refractivity contribution in [1.29, 1.82) is 0 Å². The number of hydrogen-bond donors (Lipinski definition) is 1. The minimum Gasteiger partial charge on any atom is -0.481 e. The molecular weight excluding hydrogens is 316 g/mol. The van der Waals surface area contributed by atoms with Crippen LogP contribution in [0.3, 0.4) is 0 Å². The summed E-state index contributed by atoms with van der Waals surface area (Å²) in [4.78, 5) is 11.2. The fourth-order valence-corrected chi connectivity index (χ4v) is 5.51. The van der Waals surface area contributed by atoms with Crippen LogP contribution in [0.2, 0.25) is 0 Å². The number of carboxylic acids is 1. The lowest BCUT2D eigenvalue weighted by Crippen LogP contribution is -2.49. The van der Waals surface area contributed by atoms with Gasteiger partial charge in [0.25, 0.3) is 0 Å². The molecule has 7 heteroatoms. The number of hydrogen-bond acceptors (Lipinski definition) is 3. The summed E-state index contributed by atoms with van der Waals surface area (Å²) in [5, 5.41) is 9.15. The van der Waals surface area contributed by atoms with Gasteiger partial charge in [0, 0.05) is 13.1 Å². The molecule has 1 fully saturated rings. The first-order valence-corrected chi connectivity index (χ1v) is 9.38. The summed E-state index contributed by atoms with van der Waals surface area (Å²) in [7, 11) is -2.11. The van der Waals surface area contributed by atoms with E-state index in [0.717, 1.165) is 31.2 Å². The highest BCUT2D eigenvalue weighted by molar-refractivity contribution is 7.90. The van der Waals surface area contributed by atoms with E-state index in [9.17, 15) is 13.2 Å². The average Bonchev–Trinajstić information content (AvgIpc) is 3.12. The van der Waals surface area contributed by atoms with Crippen LogP contribution in [-0.2, 0) is 21.4 Å². The maximum absolute atomic E-state index is 13.1. The van der Waals surface area contributed by atoms with E-state index in [1.807, 2.05) is 12.1 Å². The van der Waals surface area contributed by atoms with E-state index in [2.05, 4.69) is 0 Å². The van der Waals surface area contributed by atoms with E-state index >= 15 is 0 Å². The third-order valence-electron chi connectivity index (χ3n) is 4.88. The number of benzene rings is 1. The quantitative estimate of drug-likeness (QED) is 0.891.